The molecule has 0 saturated heterocycles. The number of nitrogens with two attached hydrogens (primary N) is 1. The van der Waals surface area contributed by atoms with Crippen LogP contribution in [0.1, 0.15) is 49.6 Å². The van der Waals surface area contributed by atoms with Crippen LogP contribution in [0.4, 0.5) is 0 Å². The van der Waals surface area contributed by atoms with Crippen molar-refractivity contribution in [1.82, 2.24) is 4.98 Å². The number of nitrogens with zero attached hydrogens (tertiary/aromatic N) is 1. The summed E-state index contributed by atoms with van der Waals surface area (Å²) in [6, 6.07) is 13.7. The molecule has 1 aromatic heterocycles. The average Bonchev–Trinajstić information content (AvgIpc) is 2.48. The summed E-state index contributed by atoms with van der Waals surface area (Å²) in [6.45, 7) is 6.81. The van der Waals surface area contributed by atoms with Gasteiger partial charge in [-0.1, -0.05) is 51.1 Å². The van der Waals surface area contributed by atoms with Gasteiger partial charge >= 0.3 is 0 Å². The summed E-state index contributed by atoms with van der Waals surface area (Å²) < 4.78 is 0. The van der Waals surface area contributed by atoms with Crippen LogP contribution < -0.4 is 5.73 Å². The van der Waals surface area contributed by atoms with Gasteiger partial charge in [0.25, 0.3) is 0 Å². The zero-order valence-electron chi connectivity index (χ0n) is 13.0. The molecule has 0 saturated carbocycles. The smallest absolute Gasteiger partial charge is 0.0888 e. The number of pyridine rings is 1. The fourth-order valence-corrected chi connectivity index (χ4v) is 2.66. The van der Waals surface area contributed by atoms with Gasteiger partial charge in [-0.25, -0.2) is 0 Å². The van der Waals surface area contributed by atoms with Crippen LogP contribution in [0.15, 0.2) is 48.7 Å². The Morgan fingerprint density at radius 2 is 1.76 bits per heavy atom. The molecule has 0 bridgehead atoms. The van der Waals surface area contributed by atoms with Gasteiger partial charge < -0.3 is 10.8 Å². The topological polar surface area (TPSA) is 59.1 Å². The number of benzene rings is 1. The average molecular weight is 284 g/mol. The van der Waals surface area contributed by atoms with Gasteiger partial charge in [0.15, 0.2) is 0 Å². The Labute approximate surface area is 126 Å². The minimum Gasteiger partial charge on any atom is -0.388 e. The minimum atomic E-state index is -0.652. The SMILES string of the molecule is CC(C)(C)c1ccccc1C(O)C(CN)c1ccccn1. The molecule has 3 nitrogen and oxygen atoms in total. The Morgan fingerprint density at radius 1 is 1.10 bits per heavy atom. The first-order chi connectivity index (χ1) is 9.95. The molecule has 0 spiro atoms. The number of hydrogen-bond donors (Lipinski definition) is 2. The first-order valence-electron chi connectivity index (χ1n) is 7.33. The summed E-state index contributed by atoms with van der Waals surface area (Å²) in [5.41, 5.74) is 8.79. The first kappa shape index (κ1) is 15.7. The van der Waals surface area contributed by atoms with E-state index in [1.165, 1.54) is 0 Å². The summed E-state index contributed by atoms with van der Waals surface area (Å²) in [7, 11) is 0. The van der Waals surface area contributed by atoms with Gasteiger partial charge in [0, 0.05) is 24.4 Å². The molecule has 3 heteroatoms. The quantitative estimate of drug-likeness (QED) is 0.906. The van der Waals surface area contributed by atoms with Crippen molar-refractivity contribution in [2.45, 2.75) is 38.2 Å². The van der Waals surface area contributed by atoms with Crippen molar-refractivity contribution in [1.29, 1.82) is 0 Å². The monoisotopic (exact) mass is 284 g/mol. The molecule has 2 rings (SSSR count). The van der Waals surface area contributed by atoms with Crippen LogP contribution in [-0.4, -0.2) is 16.6 Å². The van der Waals surface area contributed by atoms with Crippen molar-refractivity contribution in [2.24, 2.45) is 5.73 Å². The van der Waals surface area contributed by atoms with E-state index in [4.69, 9.17) is 5.73 Å². The maximum absolute atomic E-state index is 10.9. The van der Waals surface area contributed by atoms with Crippen LogP contribution in [0.3, 0.4) is 0 Å². The Bertz CT molecular complexity index is 575. The molecule has 1 heterocycles. The molecule has 2 unspecified atom stereocenters. The minimum absolute atomic E-state index is 0.0269. The number of aliphatic hydroxyl groups excluding tert-OH is 1. The van der Waals surface area contributed by atoms with Gasteiger partial charge in [-0.2, -0.15) is 0 Å². The normalized spacial score (nSPS) is 14.7. The molecule has 3 N–H and O–H groups in total. The highest BCUT2D eigenvalue weighted by atomic mass is 16.3. The van der Waals surface area contributed by atoms with Crippen molar-refractivity contribution in [3.05, 3.63) is 65.5 Å². The predicted molar refractivity (Wildman–Crippen MR) is 86.1 cm³/mol. The van der Waals surface area contributed by atoms with Crippen molar-refractivity contribution in [3.8, 4) is 0 Å². The van der Waals surface area contributed by atoms with Crippen LogP contribution in [0.2, 0.25) is 0 Å². The molecule has 0 fully saturated rings. The van der Waals surface area contributed by atoms with Gasteiger partial charge in [-0.15, -0.1) is 0 Å². The van der Waals surface area contributed by atoms with Crippen molar-refractivity contribution in [3.63, 3.8) is 0 Å². The molecule has 1 aromatic carbocycles. The molecule has 0 amide bonds. The summed E-state index contributed by atoms with van der Waals surface area (Å²) in [6.07, 6.45) is 1.08. The molecular formula is C18H24N2O. The zero-order chi connectivity index (χ0) is 15.5. The lowest BCUT2D eigenvalue weighted by molar-refractivity contribution is 0.143. The highest BCUT2D eigenvalue weighted by Crippen LogP contribution is 2.35. The van der Waals surface area contributed by atoms with Gasteiger partial charge in [-0.3, -0.25) is 4.98 Å². The zero-order valence-corrected chi connectivity index (χ0v) is 13.0. The van der Waals surface area contributed by atoms with E-state index in [1.807, 2.05) is 36.4 Å². The van der Waals surface area contributed by atoms with Crippen LogP contribution in [0.25, 0.3) is 0 Å². The van der Waals surface area contributed by atoms with E-state index in [9.17, 15) is 5.11 Å². The maximum Gasteiger partial charge on any atom is 0.0888 e. The van der Waals surface area contributed by atoms with E-state index in [2.05, 4.69) is 31.8 Å². The summed E-state index contributed by atoms with van der Waals surface area (Å²) in [5, 5.41) is 10.9. The van der Waals surface area contributed by atoms with E-state index in [0.29, 0.717) is 6.54 Å². The second kappa shape index (κ2) is 6.37. The predicted octanol–water partition coefficient (Wildman–Crippen LogP) is 3.16. The molecule has 112 valence electrons. The van der Waals surface area contributed by atoms with E-state index in [1.54, 1.807) is 6.20 Å². The lowest BCUT2D eigenvalue weighted by Crippen LogP contribution is -2.24. The number of aromatic nitrogens is 1. The third-order valence-electron chi connectivity index (χ3n) is 3.79. The summed E-state index contributed by atoms with van der Waals surface area (Å²) in [4.78, 5) is 4.35. The van der Waals surface area contributed by atoms with E-state index >= 15 is 0 Å². The fraction of sp³-hybridized carbons (Fsp3) is 0.389. The van der Waals surface area contributed by atoms with E-state index < -0.39 is 6.10 Å². The highest BCUT2D eigenvalue weighted by Gasteiger charge is 2.27. The maximum atomic E-state index is 10.9. The Kier molecular flexibility index (Phi) is 4.76. The molecular weight excluding hydrogens is 260 g/mol. The van der Waals surface area contributed by atoms with Crippen LogP contribution in [0.5, 0.6) is 0 Å². The van der Waals surface area contributed by atoms with E-state index in [0.717, 1.165) is 16.8 Å². The van der Waals surface area contributed by atoms with Crippen LogP contribution >= 0.6 is 0 Å². The number of rotatable bonds is 4. The summed E-state index contributed by atoms with van der Waals surface area (Å²) >= 11 is 0. The van der Waals surface area contributed by atoms with Crippen molar-refractivity contribution in [2.75, 3.05) is 6.54 Å². The molecule has 0 radical (unpaired) electrons. The Balaban J connectivity index is 2.42. The molecule has 2 aromatic rings. The number of aliphatic hydroxyl groups is 1. The van der Waals surface area contributed by atoms with Gasteiger partial charge in [0.1, 0.15) is 0 Å². The van der Waals surface area contributed by atoms with Crippen LogP contribution in [-0.2, 0) is 5.41 Å². The lowest BCUT2D eigenvalue weighted by Gasteiger charge is -2.28. The molecule has 0 aliphatic rings. The molecule has 2 atom stereocenters. The molecule has 0 aliphatic heterocycles. The lowest BCUT2D eigenvalue weighted by atomic mass is 9.79. The molecule has 21 heavy (non-hydrogen) atoms. The van der Waals surface area contributed by atoms with E-state index in [-0.39, 0.29) is 11.3 Å². The summed E-state index contributed by atoms with van der Waals surface area (Å²) in [5.74, 6) is -0.199. The highest BCUT2D eigenvalue weighted by molar-refractivity contribution is 5.36. The third kappa shape index (κ3) is 3.49. The third-order valence-corrected chi connectivity index (χ3v) is 3.79. The fourth-order valence-electron chi connectivity index (χ4n) is 2.66. The Hall–Kier alpha value is -1.71. The van der Waals surface area contributed by atoms with Crippen LogP contribution in [0, 0.1) is 0 Å². The Morgan fingerprint density at radius 3 is 2.33 bits per heavy atom. The second-order valence-electron chi connectivity index (χ2n) is 6.38. The molecule has 0 aliphatic carbocycles. The van der Waals surface area contributed by atoms with Gasteiger partial charge in [-0.05, 0) is 28.7 Å². The van der Waals surface area contributed by atoms with Gasteiger partial charge in [0.05, 0.1) is 6.10 Å². The second-order valence-corrected chi connectivity index (χ2v) is 6.38. The van der Waals surface area contributed by atoms with Gasteiger partial charge in [0.2, 0.25) is 0 Å². The standard InChI is InChI=1S/C18H24N2O/c1-18(2,3)15-9-5-4-8-13(15)17(21)14(12-19)16-10-6-7-11-20-16/h4-11,14,17,21H,12,19H2,1-3H3. The number of hydrogen-bond acceptors (Lipinski definition) is 3. The van der Waals surface area contributed by atoms with Crippen molar-refractivity contribution < 1.29 is 5.11 Å². The van der Waals surface area contributed by atoms with Crippen molar-refractivity contribution >= 4 is 0 Å². The first-order valence-corrected chi connectivity index (χ1v) is 7.33. The largest absolute Gasteiger partial charge is 0.388 e.